The summed E-state index contributed by atoms with van der Waals surface area (Å²) in [5.41, 5.74) is 0.446. The maximum Gasteiger partial charge on any atom is 0.254 e. The lowest BCUT2D eigenvalue weighted by Gasteiger charge is -2.15. The second-order valence-electron chi connectivity index (χ2n) is 4.99. The van der Waals surface area contributed by atoms with Crippen LogP contribution in [0.4, 0.5) is 0 Å². The fraction of sp³-hybridized carbons (Fsp3) is 0.600. The Bertz CT molecular complexity index is 411. The highest BCUT2D eigenvalue weighted by molar-refractivity contribution is 5.93. The first-order valence-corrected chi connectivity index (χ1v) is 7.35. The first-order valence-electron chi connectivity index (χ1n) is 7.35. The van der Waals surface area contributed by atoms with Crippen molar-refractivity contribution in [2.45, 2.75) is 32.6 Å². The number of carbonyl (C=O) groups is 2. The average molecular weight is 296 g/mol. The van der Waals surface area contributed by atoms with Crippen LogP contribution in [-0.4, -0.2) is 36.6 Å². The molecule has 0 aliphatic carbocycles. The Morgan fingerprint density at radius 1 is 1.33 bits per heavy atom. The third-order valence-corrected chi connectivity index (χ3v) is 3.24. The topological polar surface area (TPSA) is 91.6 Å². The van der Waals surface area contributed by atoms with E-state index in [1.54, 1.807) is 6.07 Å². The number of amides is 2. The second kappa shape index (κ2) is 9.99. The quantitative estimate of drug-likeness (QED) is 0.607. The Kier molecular flexibility index (Phi) is 8.19. The van der Waals surface area contributed by atoms with Gasteiger partial charge in [0.25, 0.3) is 5.91 Å². The largest absolute Gasteiger partial charge is 0.472 e. The minimum absolute atomic E-state index is 0.0958. The Labute approximate surface area is 124 Å². The van der Waals surface area contributed by atoms with Crippen LogP contribution in [0.25, 0.3) is 0 Å². The van der Waals surface area contributed by atoms with E-state index in [4.69, 9.17) is 9.52 Å². The molecule has 0 aromatic carbocycles. The van der Waals surface area contributed by atoms with Crippen LogP contribution >= 0.6 is 0 Å². The van der Waals surface area contributed by atoms with Crippen LogP contribution in [0.1, 0.15) is 43.0 Å². The minimum Gasteiger partial charge on any atom is -0.472 e. The first kappa shape index (κ1) is 17.2. The standard InChI is InChI=1S/C15H24N2O4/c1-2-3-12(5-8-18)10-17-14(19)4-7-16-15(20)13-6-9-21-11-13/h6,9,11-12,18H,2-5,7-8,10H2,1H3,(H,16,20)(H,17,19). The molecule has 1 atom stereocenters. The van der Waals surface area contributed by atoms with Gasteiger partial charge < -0.3 is 20.2 Å². The molecule has 21 heavy (non-hydrogen) atoms. The van der Waals surface area contributed by atoms with Crippen molar-refractivity contribution >= 4 is 11.8 Å². The fourth-order valence-electron chi connectivity index (χ4n) is 2.07. The molecule has 1 aromatic heterocycles. The summed E-state index contributed by atoms with van der Waals surface area (Å²) in [5, 5.41) is 14.4. The number of carbonyl (C=O) groups excluding carboxylic acids is 2. The number of hydrogen-bond acceptors (Lipinski definition) is 4. The number of rotatable bonds is 10. The van der Waals surface area contributed by atoms with Crippen LogP contribution in [0.15, 0.2) is 23.0 Å². The third-order valence-electron chi connectivity index (χ3n) is 3.24. The molecular formula is C15H24N2O4. The first-order chi connectivity index (χ1) is 10.2. The van der Waals surface area contributed by atoms with Crippen LogP contribution < -0.4 is 10.6 Å². The number of aliphatic hydroxyl groups is 1. The van der Waals surface area contributed by atoms with Gasteiger partial charge >= 0.3 is 0 Å². The van der Waals surface area contributed by atoms with Crippen molar-refractivity contribution in [3.05, 3.63) is 24.2 Å². The predicted molar refractivity (Wildman–Crippen MR) is 78.8 cm³/mol. The van der Waals surface area contributed by atoms with E-state index in [0.717, 1.165) is 12.8 Å². The summed E-state index contributed by atoms with van der Waals surface area (Å²) in [6.45, 7) is 3.08. The molecule has 0 aliphatic heterocycles. The number of hydrogen-bond donors (Lipinski definition) is 3. The van der Waals surface area contributed by atoms with E-state index in [2.05, 4.69) is 17.6 Å². The zero-order valence-corrected chi connectivity index (χ0v) is 12.4. The van der Waals surface area contributed by atoms with Gasteiger partial charge in [-0.2, -0.15) is 0 Å². The zero-order chi connectivity index (χ0) is 15.5. The van der Waals surface area contributed by atoms with Gasteiger partial charge in [0, 0.05) is 26.1 Å². The highest BCUT2D eigenvalue weighted by Gasteiger charge is 2.10. The van der Waals surface area contributed by atoms with Crippen LogP contribution in [0.3, 0.4) is 0 Å². The van der Waals surface area contributed by atoms with Gasteiger partial charge in [0.1, 0.15) is 6.26 Å². The summed E-state index contributed by atoms with van der Waals surface area (Å²) in [6.07, 6.45) is 5.74. The molecule has 0 radical (unpaired) electrons. The Morgan fingerprint density at radius 3 is 2.76 bits per heavy atom. The summed E-state index contributed by atoms with van der Waals surface area (Å²) in [7, 11) is 0. The molecule has 6 heteroatoms. The van der Waals surface area contributed by atoms with Crippen molar-refractivity contribution in [3.8, 4) is 0 Å². The van der Waals surface area contributed by atoms with E-state index < -0.39 is 0 Å². The molecular weight excluding hydrogens is 272 g/mol. The van der Waals surface area contributed by atoms with Gasteiger partial charge in [0.2, 0.25) is 5.91 Å². The molecule has 0 bridgehead atoms. The van der Waals surface area contributed by atoms with E-state index in [-0.39, 0.29) is 31.4 Å². The van der Waals surface area contributed by atoms with E-state index >= 15 is 0 Å². The summed E-state index contributed by atoms with van der Waals surface area (Å²) >= 11 is 0. The van der Waals surface area contributed by atoms with Gasteiger partial charge in [-0.05, 0) is 24.8 Å². The number of aliphatic hydroxyl groups excluding tert-OH is 1. The normalized spacial score (nSPS) is 11.9. The summed E-state index contributed by atoms with van der Waals surface area (Å²) in [6, 6.07) is 1.57. The predicted octanol–water partition coefficient (Wildman–Crippen LogP) is 1.31. The van der Waals surface area contributed by atoms with Crippen molar-refractivity contribution in [2.24, 2.45) is 5.92 Å². The highest BCUT2D eigenvalue weighted by atomic mass is 16.3. The Morgan fingerprint density at radius 2 is 2.14 bits per heavy atom. The Hall–Kier alpha value is -1.82. The second-order valence-corrected chi connectivity index (χ2v) is 4.99. The minimum atomic E-state index is -0.249. The highest BCUT2D eigenvalue weighted by Crippen LogP contribution is 2.09. The third kappa shape index (κ3) is 6.94. The van der Waals surface area contributed by atoms with E-state index in [0.29, 0.717) is 24.4 Å². The van der Waals surface area contributed by atoms with Gasteiger partial charge in [-0.25, -0.2) is 0 Å². The van der Waals surface area contributed by atoms with Crippen molar-refractivity contribution in [1.29, 1.82) is 0 Å². The van der Waals surface area contributed by atoms with E-state index in [1.807, 2.05) is 0 Å². The summed E-state index contributed by atoms with van der Waals surface area (Å²) in [5.74, 6) is -0.0355. The molecule has 2 amide bonds. The van der Waals surface area contributed by atoms with Crippen molar-refractivity contribution in [2.75, 3.05) is 19.7 Å². The van der Waals surface area contributed by atoms with Gasteiger partial charge in [0.05, 0.1) is 11.8 Å². The molecule has 6 nitrogen and oxygen atoms in total. The van der Waals surface area contributed by atoms with Gasteiger partial charge in [0.15, 0.2) is 0 Å². The molecule has 3 N–H and O–H groups in total. The maximum atomic E-state index is 11.7. The van der Waals surface area contributed by atoms with Gasteiger partial charge in [-0.3, -0.25) is 9.59 Å². The fourth-order valence-corrected chi connectivity index (χ4v) is 2.07. The van der Waals surface area contributed by atoms with Gasteiger partial charge in [-0.15, -0.1) is 0 Å². The van der Waals surface area contributed by atoms with Crippen molar-refractivity contribution in [3.63, 3.8) is 0 Å². The lowest BCUT2D eigenvalue weighted by molar-refractivity contribution is -0.121. The van der Waals surface area contributed by atoms with E-state index in [1.165, 1.54) is 12.5 Å². The molecule has 1 rings (SSSR count). The van der Waals surface area contributed by atoms with Crippen LogP contribution in [-0.2, 0) is 4.79 Å². The van der Waals surface area contributed by atoms with E-state index in [9.17, 15) is 9.59 Å². The number of furan rings is 1. The SMILES string of the molecule is CCCC(CCO)CNC(=O)CCNC(=O)c1ccoc1. The van der Waals surface area contributed by atoms with Crippen LogP contribution in [0.2, 0.25) is 0 Å². The molecule has 0 saturated carbocycles. The van der Waals surface area contributed by atoms with Crippen molar-refractivity contribution in [1.82, 2.24) is 10.6 Å². The number of nitrogens with one attached hydrogen (secondary N) is 2. The summed E-state index contributed by atoms with van der Waals surface area (Å²) in [4.78, 5) is 23.3. The summed E-state index contributed by atoms with van der Waals surface area (Å²) < 4.78 is 4.81. The smallest absolute Gasteiger partial charge is 0.254 e. The molecule has 0 aliphatic rings. The van der Waals surface area contributed by atoms with Crippen LogP contribution in [0.5, 0.6) is 0 Å². The Balaban J connectivity index is 2.17. The molecule has 0 fully saturated rings. The lowest BCUT2D eigenvalue weighted by Crippen LogP contribution is -2.33. The molecule has 118 valence electrons. The molecule has 0 spiro atoms. The van der Waals surface area contributed by atoms with Crippen molar-refractivity contribution < 1.29 is 19.1 Å². The van der Waals surface area contributed by atoms with Gasteiger partial charge in [-0.1, -0.05) is 13.3 Å². The maximum absolute atomic E-state index is 11.7. The zero-order valence-electron chi connectivity index (χ0n) is 12.4. The molecule has 1 unspecified atom stereocenters. The molecule has 0 saturated heterocycles. The van der Waals surface area contributed by atoms with Crippen LogP contribution in [0, 0.1) is 5.92 Å². The average Bonchev–Trinajstić information content (AvgIpc) is 2.99. The lowest BCUT2D eigenvalue weighted by atomic mass is 10.0. The monoisotopic (exact) mass is 296 g/mol. The molecule has 1 heterocycles. The molecule has 1 aromatic rings.